The Morgan fingerprint density at radius 2 is 2.05 bits per heavy atom. The van der Waals surface area contributed by atoms with Gasteiger partial charge in [-0.3, -0.25) is 0 Å². The van der Waals surface area contributed by atoms with Gasteiger partial charge in [0.15, 0.2) is 0 Å². The maximum atomic E-state index is 12.7. The van der Waals surface area contributed by atoms with E-state index in [0.717, 1.165) is 0 Å². The van der Waals surface area contributed by atoms with Crippen molar-refractivity contribution in [3.8, 4) is 0 Å². The zero-order valence-electron chi connectivity index (χ0n) is 10.5. The Labute approximate surface area is 116 Å². The van der Waals surface area contributed by atoms with Crippen molar-refractivity contribution in [2.75, 3.05) is 0 Å². The summed E-state index contributed by atoms with van der Waals surface area (Å²) in [5.74, 6) is -2.19. The minimum atomic E-state index is -5.11. The molecule has 1 aromatic rings. The van der Waals surface area contributed by atoms with E-state index in [1.54, 1.807) is 6.92 Å². The van der Waals surface area contributed by atoms with Crippen LogP contribution in [0.2, 0.25) is 0 Å². The third-order valence-corrected chi connectivity index (χ3v) is 3.55. The van der Waals surface area contributed by atoms with Gasteiger partial charge < -0.3 is 15.7 Å². The second kappa shape index (κ2) is 5.65. The number of halogens is 3. The highest BCUT2D eigenvalue weighted by Crippen LogP contribution is 2.30. The molecule has 1 heterocycles. The monoisotopic (exact) mass is 311 g/mol. The fourth-order valence-corrected chi connectivity index (χ4v) is 1.89. The van der Waals surface area contributed by atoms with E-state index < -0.39 is 23.7 Å². The standard InChI is InChI=1S/C10H12F3N3O3S/c1-5-6(20-4-15-5)3-14-8(19)16-9(2,7(17)18)10(11,12)13/h4H,3H2,1-2H3,(H,17,18)(H2,14,16,19). The minimum absolute atomic E-state index is 0.0319. The molecule has 0 saturated heterocycles. The van der Waals surface area contributed by atoms with Crippen LogP contribution in [0.3, 0.4) is 0 Å². The molecule has 10 heteroatoms. The van der Waals surface area contributed by atoms with Crippen molar-refractivity contribution in [2.24, 2.45) is 0 Å². The number of hydrogen-bond donors (Lipinski definition) is 3. The normalized spacial score (nSPS) is 14.4. The second-order valence-electron chi connectivity index (χ2n) is 4.10. The summed E-state index contributed by atoms with van der Waals surface area (Å²) in [5, 5.41) is 12.2. The maximum Gasteiger partial charge on any atom is 0.422 e. The predicted molar refractivity (Wildman–Crippen MR) is 64.3 cm³/mol. The number of rotatable bonds is 4. The summed E-state index contributed by atoms with van der Waals surface area (Å²) in [7, 11) is 0. The zero-order valence-corrected chi connectivity index (χ0v) is 11.4. The fourth-order valence-electron chi connectivity index (χ4n) is 1.17. The number of carboxylic acids is 1. The molecule has 6 nitrogen and oxygen atoms in total. The molecule has 20 heavy (non-hydrogen) atoms. The molecule has 0 bridgehead atoms. The van der Waals surface area contributed by atoms with Crippen LogP contribution in [0.15, 0.2) is 5.51 Å². The molecule has 0 aromatic carbocycles. The summed E-state index contributed by atoms with van der Waals surface area (Å²) in [4.78, 5) is 26.7. The molecule has 112 valence electrons. The summed E-state index contributed by atoms with van der Waals surface area (Å²) >= 11 is 1.23. The molecule has 0 saturated carbocycles. The number of nitrogens with zero attached hydrogens (tertiary/aromatic N) is 1. The zero-order chi connectivity index (χ0) is 15.6. The van der Waals surface area contributed by atoms with Gasteiger partial charge >= 0.3 is 18.2 Å². The van der Waals surface area contributed by atoms with Crippen molar-refractivity contribution in [1.82, 2.24) is 15.6 Å². The van der Waals surface area contributed by atoms with Crippen LogP contribution in [-0.4, -0.2) is 33.8 Å². The van der Waals surface area contributed by atoms with Gasteiger partial charge in [0.1, 0.15) is 0 Å². The van der Waals surface area contributed by atoms with Crippen LogP contribution in [0.5, 0.6) is 0 Å². The highest BCUT2D eigenvalue weighted by atomic mass is 32.1. The van der Waals surface area contributed by atoms with E-state index in [2.05, 4.69) is 10.3 Å². The molecular formula is C10H12F3N3O3S. The Morgan fingerprint density at radius 1 is 1.45 bits per heavy atom. The van der Waals surface area contributed by atoms with E-state index in [0.29, 0.717) is 17.5 Å². The summed E-state index contributed by atoms with van der Waals surface area (Å²) in [6, 6.07) is -1.22. The van der Waals surface area contributed by atoms with Crippen LogP contribution in [0, 0.1) is 6.92 Å². The number of nitrogens with one attached hydrogen (secondary N) is 2. The van der Waals surface area contributed by atoms with Crippen LogP contribution in [0.25, 0.3) is 0 Å². The number of aromatic nitrogens is 1. The molecule has 0 fully saturated rings. The molecule has 1 atom stereocenters. The van der Waals surface area contributed by atoms with Gasteiger partial charge in [-0.25, -0.2) is 14.6 Å². The lowest BCUT2D eigenvalue weighted by atomic mass is 10.0. The molecule has 2 amide bonds. The second-order valence-corrected chi connectivity index (χ2v) is 5.04. The molecule has 0 aliphatic rings. The number of urea groups is 1. The van der Waals surface area contributed by atoms with Crippen molar-refractivity contribution >= 4 is 23.3 Å². The van der Waals surface area contributed by atoms with E-state index in [9.17, 15) is 22.8 Å². The Balaban J connectivity index is 2.69. The van der Waals surface area contributed by atoms with Gasteiger partial charge in [0, 0.05) is 4.88 Å². The molecule has 1 aromatic heterocycles. The number of carbonyl (C=O) groups excluding carboxylic acids is 1. The first-order chi connectivity index (χ1) is 9.08. The molecular weight excluding hydrogens is 299 g/mol. The number of carboxylic acid groups (broad SMARTS) is 1. The molecule has 0 spiro atoms. The Hall–Kier alpha value is -1.84. The van der Waals surface area contributed by atoms with Gasteiger partial charge in [0.25, 0.3) is 0 Å². The van der Waals surface area contributed by atoms with Crippen LogP contribution >= 0.6 is 11.3 Å². The quantitative estimate of drug-likeness (QED) is 0.788. The van der Waals surface area contributed by atoms with Gasteiger partial charge in [-0.1, -0.05) is 0 Å². The number of aliphatic carboxylic acids is 1. The number of aryl methyl sites for hydroxylation is 1. The lowest BCUT2D eigenvalue weighted by Crippen LogP contribution is -2.63. The molecule has 0 radical (unpaired) electrons. The first kappa shape index (κ1) is 16.2. The number of carbonyl (C=O) groups is 2. The number of amides is 2. The summed E-state index contributed by atoms with van der Waals surface area (Å²) < 4.78 is 38.0. The fraction of sp³-hybridized carbons (Fsp3) is 0.500. The van der Waals surface area contributed by atoms with Gasteiger partial charge in [0.05, 0.1) is 17.7 Å². The van der Waals surface area contributed by atoms with E-state index in [1.165, 1.54) is 22.2 Å². The van der Waals surface area contributed by atoms with Crippen LogP contribution in [0.1, 0.15) is 17.5 Å². The number of thiazole rings is 1. The first-order valence-corrected chi connectivity index (χ1v) is 6.21. The Kier molecular flexibility index (Phi) is 4.58. The van der Waals surface area contributed by atoms with Crippen molar-refractivity contribution < 1.29 is 27.9 Å². The number of hydrogen-bond acceptors (Lipinski definition) is 4. The van der Waals surface area contributed by atoms with E-state index in [-0.39, 0.29) is 6.54 Å². The molecule has 1 rings (SSSR count). The Bertz CT molecular complexity index is 517. The lowest BCUT2D eigenvalue weighted by Gasteiger charge is -2.28. The third-order valence-electron chi connectivity index (χ3n) is 2.61. The minimum Gasteiger partial charge on any atom is -0.479 e. The predicted octanol–water partition coefficient (Wildman–Crippen LogP) is 1.66. The lowest BCUT2D eigenvalue weighted by molar-refractivity contribution is -0.203. The van der Waals surface area contributed by atoms with Crippen LogP contribution in [-0.2, 0) is 11.3 Å². The highest BCUT2D eigenvalue weighted by molar-refractivity contribution is 7.09. The van der Waals surface area contributed by atoms with Gasteiger partial charge in [-0.15, -0.1) is 11.3 Å². The van der Waals surface area contributed by atoms with Crippen molar-refractivity contribution in [3.05, 3.63) is 16.1 Å². The van der Waals surface area contributed by atoms with Gasteiger partial charge in [-0.05, 0) is 13.8 Å². The maximum absolute atomic E-state index is 12.7. The van der Waals surface area contributed by atoms with Crippen molar-refractivity contribution in [2.45, 2.75) is 32.1 Å². The SMILES string of the molecule is Cc1ncsc1CNC(=O)NC(C)(C(=O)O)C(F)(F)F. The summed E-state index contributed by atoms with van der Waals surface area (Å²) in [6.07, 6.45) is -5.11. The first-order valence-electron chi connectivity index (χ1n) is 5.33. The molecule has 1 unspecified atom stereocenters. The molecule has 3 N–H and O–H groups in total. The highest BCUT2D eigenvalue weighted by Gasteiger charge is 2.58. The topological polar surface area (TPSA) is 91.3 Å². The Morgan fingerprint density at radius 3 is 2.45 bits per heavy atom. The largest absolute Gasteiger partial charge is 0.479 e. The smallest absolute Gasteiger partial charge is 0.422 e. The average molecular weight is 311 g/mol. The summed E-state index contributed by atoms with van der Waals surface area (Å²) in [5.41, 5.74) is -1.17. The van der Waals surface area contributed by atoms with E-state index >= 15 is 0 Å². The van der Waals surface area contributed by atoms with Gasteiger partial charge in [0.2, 0.25) is 5.54 Å². The molecule has 0 aliphatic heterocycles. The van der Waals surface area contributed by atoms with Gasteiger partial charge in [-0.2, -0.15) is 13.2 Å². The van der Waals surface area contributed by atoms with Crippen LogP contribution in [0.4, 0.5) is 18.0 Å². The van der Waals surface area contributed by atoms with E-state index in [4.69, 9.17) is 5.11 Å². The van der Waals surface area contributed by atoms with Crippen molar-refractivity contribution in [3.63, 3.8) is 0 Å². The molecule has 0 aliphatic carbocycles. The van der Waals surface area contributed by atoms with E-state index in [1.807, 2.05) is 0 Å². The third kappa shape index (κ3) is 3.38. The summed E-state index contributed by atoms with van der Waals surface area (Å²) in [6.45, 7) is 2.03. The number of alkyl halides is 3. The average Bonchev–Trinajstić information content (AvgIpc) is 2.70. The van der Waals surface area contributed by atoms with Crippen molar-refractivity contribution in [1.29, 1.82) is 0 Å². The van der Waals surface area contributed by atoms with Crippen LogP contribution < -0.4 is 10.6 Å².